The number of nitrogens with one attached hydrogen (secondary N) is 2. The molecule has 0 fully saturated rings. The standard InChI is InChI=1S/C16H16Cl2N2O2/c1-10-7-14(15(22-2)8-12(10)18)20-16(21)9-19-13-6-4-3-5-11(13)17/h3-8,19H,9H2,1-2H3,(H,20,21). The normalized spacial score (nSPS) is 10.2. The van der Waals surface area contributed by atoms with Crippen molar-refractivity contribution in [3.05, 3.63) is 52.0 Å². The second-order valence-corrected chi connectivity index (χ2v) is 5.50. The van der Waals surface area contributed by atoms with Gasteiger partial charge in [0.1, 0.15) is 5.75 Å². The Hall–Kier alpha value is -1.91. The maximum absolute atomic E-state index is 12.1. The molecule has 22 heavy (non-hydrogen) atoms. The molecule has 0 heterocycles. The predicted octanol–water partition coefficient (Wildman–Crippen LogP) is 4.36. The van der Waals surface area contributed by atoms with Gasteiger partial charge in [-0.05, 0) is 30.7 Å². The number of benzene rings is 2. The van der Waals surface area contributed by atoms with Crippen molar-refractivity contribution in [2.75, 3.05) is 24.3 Å². The van der Waals surface area contributed by atoms with Crippen LogP contribution in [-0.4, -0.2) is 19.6 Å². The van der Waals surface area contributed by atoms with Gasteiger partial charge in [-0.25, -0.2) is 0 Å². The van der Waals surface area contributed by atoms with Crippen molar-refractivity contribution in [2.24, 2.45) is 0 Å². The van der Waals surface area contributed by atoms with Crippen molar-refractivity contribution < 1.29 is 9.53 Å². The van der Waals surface area contributed by atoms with Crippen LogP contribution in [0.1, 0.15) is 5.56 Å². The molecule has 2 N–H and O–H groups in total. The molecule has 0 saturated heterocycles. The Balaban J connectivity index is 2.03. The third-order valence-electron chi connectivity index (χ3n) is 3.07. The lowest BCUT2D eigenvalue weighted by Gasteiger charge is -2.13. The summed E-state index contributed by atoms with van der Waals surface area (Å²) in [5.74, 6) is 0.307. The zero-order valence-corrected chi connectivity index (χ0v) is 13.8. The van der Waals surface area contributed by atoms with Gasteiger partial charge in [0.15, 0.2) is 0 Å². The molecule has 0 aliphatic heterocycles. The number of ether oxygens (including phenoxy) is 1. The average Bonchev–Trinajstić information content (AvgIpc) is 2.50. The van der Waals surface area contributed by atoms with Crippen molar-refractivity contribution >= 4 is 40.5 Å². The number of anilines is 2. The number of amides is 1. The van der Waals surface area contributed by atoms with E-state index in [0.29, 0.717) is 27.2 Å². The van der Waals surface area contributed by atoms with E-state index in [0.717, 1.165) is 5.56 Å². The van der Waals surface area contributed by atoms with Crippen molar-refractivity contribution in [1.82, 2.24) is 0 Å². The number of carbonyl (C=O) groups is 1. The number of carbonyl (C=O) groups excluding carboxylic acids is 1. The molecule has 2 rings (SSSR count). The Labute approximate surface area is 139 Å². The summed E-state index contributed by atoms with van der Waals surface area (Å²) in [7, 11) is 1.53. The third-order valence-corrected chi connectivity index (χ3v) is 3.80. The zero-order chi connectivity index (χ0) is 16.1. The zero-order valence-electron chi connectivity index (χ0n) is 12.2. The highest BCUT2D eigenvalue weighted by Crippen LogP contribution is 2.30. The fraction of sp³-hybridized carbons (Fsp3) is 0.188. The van der Waals surface area contributed by atoms with Crippen LogP contribution in [0.4, 0.5) is 11.4 Å². The number of halogens is 2. The van der Waals surface area contributed by atoms with Gasteiger partial charge in [0.25, 0.3) is 0 Å². The van der Waals surface area contributed by atoms with Gasteiger partial charge in [-0.1, -0.05) is 35.3 Å². The maximum Gasteiger partial charge on any atom is 0.243 e. The van der Waals surface area contributed by atoms with Crippen LogP contribution in [0.2, 0.25) is 10.0 Å². The third kappa shape index (κ3) is 4.06. The first-order valence-corrected chi connectivity index (χ1v) is 7.39. The monoisotopic (exact) mass is 338 g/mol. The number of hydrogen-bond acceptors (Lipinski definition) is 3. The molecule has 0 saturated carbocycles. The molecular weight excluding hydrogens is 323 g/mol. The van der Waals surface area contributed by atoms with Crippen molar-refractivity contribution in [3.8, 4) is 5.75 Å². The van der Waals surface area contributed by atoms with E-state index >= 15 is 0 Å². The summed E-state index contributed by atoms with van der Waals surface area (Å²) in [6.07, 6.45) is 0. The van der Waals surface area contributed by atoms with E-state index in [1.807, 2.05) is 25.1 Å². The van der Waals surface area contributed by atoms with Crippen LogP contribution in [0.5, 0.6) is 5.75 Å². The molecular formula is C16H16Cl2N2O2. The lowest BCUT2D eigenvalue weighted by molar-refractivity contribution is -0.114. The van der Waals surface area contributed by atoms with Crippen LogP contribution in [-0.2, 0) is 4.79 Å². The smallest absolute Gasteiger partial charge is 0.243 e. The average molecular weight is 339 g/mol. The molecule has 1 amide bonds. The molecule has 0 atom stereocenters. The summed E-state index contributed by atoms with van der Waals surface area (Å²) in [4.78, 5) is 12.1. The first kappa shape index (κ1) is 16.5. The fourth-order valence-corrected chi connectivity index (χ4v) is 2.26. The Kier molecular flexibility index (Phi) is 5.52. The van der Waals surface area contributed by atoms with E-state index < -0.39 is 0 Å². The first-order chi connectivity index (χ1) is 10.5. The fourth-order valence-electron chi connectivity index (χ4n) is 1.90. The van der Waals surface area contributed by atoms with Crippen LogP contribution >= 0.6 is 23.2 Å². The molecule has 0 spiro atoms. The summed E-state index contributed by atoms with van der Waals surface area (Å²) >= 11 is 12.1. The number of para-hydroxylation sites is 1. The van der Waals surface area contributed by atoms with Crippen molar-refractivity contribution in [3.63, 3.8) is 0 Å². The van der Waals surface area contributed by atoms with Gasteiger partial charge in [-0.15, -0.1) is 0 Å². The van der Waals surface area contributed by atoms with Crippen molar-refractivity contribution in [2.45, 2.75) is 6.92 Å². The van der Waals surface area contributed by atoms with Gasteiger partial charge in [0.2, 0.25) is 5.91 Å². The summed E-state index contributed by atoms with van der Waals surface area (Å²) in [5, 5.41) is 6.93. The van der Waals surface area contributed by atoms with Gasteiger partial charge in [-0.2, -0.15) is 0 Å². The van der Waals surface area contributed by atoms with E-state index in [1.54, 1.807) is 18.2 Å². The minimum absolute atomic E-state index is 0.0918. The molecule has 2 aromatic rings. The van der Waals surface area contributed by atoms with Gasteiger partial charge < -0.3 is 15.4 Å². The topological polar surface area (TPSA) is 50.4 Å². The van der Waals surface area contributed by atoms with Gasteiger partial charge in [-0.3, -0.25) is 4.79 Å². The highest BCUT2D eigenvalue weighted by Gasteiger charge is 2.10. The number of rotatable bonds is 5. The number of methoxy groups -OCH3 is 1. The number of aryl methyl sites for hydroxylation is 1. The van der Waals surface area contributed by atoms with Crippen molar-refractivity contribution in [1.29, 1.82) is 0 Å². The molecule has 0 aliphatic carbocycles. The summed E-state index contributed by atoms with van der Waals surface area (Å²) in [5.41, 5.74) is 2.14. The lowest BCUT2D eigenvalue weighted by Crippen LogP contribution is -2.22. The SMILES string of the molecule is COc1cc(Cl)c(C)cc1NC(=O)CNc1ccccc1Cl. The maximum atomic E-state index is 12.1. The van der Waals surface area contributed by atoms with E-state index in [9.17, 15) is 4.79 Å². The summed E-state index contributed by atoms with van der Waals surface area (Å²) in [6, 6.07) is 10.7. The van der Waals surface area contributed by atoms with E-state index in [2.05, 4.69) is 10.6 Å². The molecule has 0 bridgehead atoms. The molecule has 6 heteroatoms. The molecule has 0 aromatic heterocycles. The molecule has 4 nitrogen and oxygen atoms in total. The minimum Gasteiger partial charge on any atom is -0.495 e. The molecule has 0 radical (unpaired) electrons. The number of hydrogen-bond donors (Lipinski definition) is 2. The minimum atomic E-state index is -0.208. The van der Waals surface area contributed by atoms with Gasteiger partial charge in [0.05, 0.1) is 30.1 Å². The molecule has 0 unspecified atom stereocenters. The van der Waals surface area contributed by atoms with E-state index in [-0.39, 0.29) is 12.5 Å². The van der Waals surface area contributed by atoms with E-state index in [1.165, 1.54) is 7.11 Å². The second-order valence-electron chi connectivity index (χ2n) is 4.68. The lowest BCUT2D eigenvalue weighted by atomic mass is 10.2. The first-order valence-electron chi connectivity index (χ1n) is 6.63. The molecule has 116 valence electrons. The summed E-state index contributed by atoms with van der Waals surface area (Å²) in [6.45, 7) is 1.95. The Morgan fingerprint density at radius 1 is 1.14 bits per heavy atom. The van der Waals surface area contributed by atoms with Crippen LogP contribution in [0.25, 0.3) is 0 Å². The summed E-state index contributed by atoms with van der Waals surface area (Å²) < 4.78 is 5.22. The Morgan fingerprint density at radius 2 is 1.86 bits per heavy atom. The highest BCUT2D eigenvalue weighted by molar-refractivity contribution is 6.33. The Morgan fingerprint density at radius 3 is 2.55 bits per heavy atom. The quantitative estimate of drug-likeness (QED) is 0.851. The van der Waals surface area contributed by atoms with Gasteiger partial charge >= 0.3 is 0 Å². The second kappa shape index (κ2) is 7.38. The highest BCUT2D eigenvalue weighted by atomic mass is 35.5. The molecule has 2 aromatic carbocycles. The van der Waals surface area contributed by atoms with E-state index in [4.69, 9.17) is 27.9 Å². The van der Waals surface area contributed by atoms with Gasteiger partial charge in [0, 0.05) is 11.1 Å². The largest absolute Gasteiger partial charge is 0.495 e. The van der Waals surface area contributed by atoms with Crippen LogP contribution in [0, 0.1) is 6.92 Å². The predicted molar refractivity (Wildman–Crippen MR) is 91.3 cm³/mol. The molecule has 0 aliphatic rings. The van der Waals surface area contributed by atoms with Crippen LogP contribution in [0.15, 0.2) is 36.4 Å². The van der Waals surface area contributed by atoms with Crippen LogP contribution in [0.3, 0.4) is 0 Å². The van der Waals surface area contributed by atoms with Crippen LogP contribution < -0.4 is 15.4 Å². The Bertz CT molecular complexity index is 690.